The normalized spacial score (nSPS) is 19.5. The summed E-state index contributed by atoms with van der Waals surface area (Å²) in [5, 5.41) is 5.12. The van der Waals surface area contributed by atoms with Crippen molar-refractivity contribution in [3.8, 4) is 22.3 Å². The summed E-state index contributed by atoms with van der Waals surface area (Å²) in [6.07, 6.45) is 19.7. The van der Waals surface area contributed by atoms with Gasteiger partial charge in [-0.3, -0.25) is 4.99 Å². The molecule has 3 atom stereocenters. The van der Waals surface area contributed by atoms with Crippen LogP contribution in [0.4, 0.5) is 0 Å². The Morgan fingerprint density at radius 3 is 2.26 bits per heavy atom. The van der Waals surface area contributed by atoms with Crippen molar-refractivity contribution in [1.82, 2.24) is 0 Å². The van der Waals surface area contributed by atoms with Gasteiger partial charge >= 0.3 is 0 Å². The quantitative estimate of drug-likeness (QED) is 0.131. The second-order valence-electron chi connectivity index (χ2n) is 15.7. The summed E-state index contributed by atoms with van der Waals surface area (Å²) in [6.45, 7) is 6.95. The van der Waals surface area contributed by atoms with E-state index in [1.807, 2.05) is 0 Å². The lowest BCUT2D eigenvalue weighted by Crippen LogP contribution is -2.20. The Labute approximate surface area is 319 Å². The fraction of sp³-hybridized carbons (Fsp3) is 0.173. The van der Waals surface area contributed by atoms with Gasteiger partial charge < -0.3 is 5.73 Å². The molecule has 0 bridgehead atoms. The molecule has 0 amide bonds. The number of rotatable bonds is 7. The van der Waals surface area contributed by atoms with Gasteiger partial charge in [0, 0.05) is 28.7 Å². The van der Waals surface area contributed by atoms with Crippen LogP contribution in [0.2, 0.25) is 0 Å². The number of aliphatic imine (C=N–C) groups is 1. The predicted molar refractivity (Wildman–Crippen MR) is 232 cm³/mol. The minimum atomic E-state index is -0.0548. The van der Waals surface area contributed by atoms with Gasteiger partial charge in [-0.05, 0) is 116 Å². The molecule has 3 aliphatic rings. The summed E-state index contributed by atoms with van der Waals surface area (Å²) in [5.74, 6) is 0.529. The zero-order chi connectivity index (χ0) is 36.8. The van der Waals surface area contributed by atoms with Gasteiger partial charge in [-0.1, -0.05) is 160 Å². The first-order chi connectivity index (χ1) is 26.3. The van der Waals surface area contributed by atoms with Crippen molar-refractivity contribution in [2.75, 3.05) is 0 Å². The van der Waals surface area contributed by atoms with Gasteiger partial charge in [-0.2, -0.15) is 0 Å². The van der Waals surface area contributed by atoms with Crippen LogP contribution in [0, 0.1) is 11.8 Å². The molecule has 6 aromatic carbocycles. The van der Waals surface area contributed by atoms with Crippen LogP contribution >= 0.6 is 0 Å². The van der Waals surface area contributed by atoms with Gasteiger partial charge in [0.1, 0.15) is 0 Å². The monoisotopic (exact) mass is 698 g/mol. The van der Waals surface area contributed by atoms with Crippen molar-refractivity contribution in [3.63, 3.8) is 0 Å². The second kappa shape index (κ2) is 13.8. The number of nitrogens with zero attached hydrogens (tertiary/aromatic N) is 1. The molecule has 2 N–H and O–H groups in total. The maximum absolute atomic E-state index is 6.98. The van der Waals surface area contributed by atoms with E-state index in [1.165, 1.54) is 66.1 Å². The van der Waals surface area contributed by atoms with Gasteiger partial charge in [0.25, 0.3) is 0 Å². The first-order valence-electron chi connectivity index (χ1n) is 19.4. The lowest BCUT2D eigenvalue weighted by Gasteiger charge is -2.23. The van der Waals surface area contributed by atoms with E-state index in [-0.39, 0.29) is 17.4 Å². The largest absolute Gasteiger partial charge is 0.398 e. The summed E-state index contributed by atoms with van der Waals surface area (Å²) in [5.41, 5.74) is 20.1. The van der Waals surface area contributed by atoms with Gasteiger partial charge in [-0.15, -0.1) is 0 Å². The standard InChI is InChI=1S/C52H46N2/c1-34(35-14-6-4-7-15-35)54-51(40-28-22-37(23-29-40)36-16-8-5-9-17-36)33-50(53)39-26-24-38(25-27-39)44-30-41-18-10-11-19-42(41)46-32-49-47(31-45(44)46)43-20-12-13-21-48(43)52(49,2)3/h4-14,16-28,30-35,40H,15,29,53H2,1-3H3/b50-33-,54-51?. The lowest BCUT2D eigenvalue weighted by molar-refractivity contribution is 0.538. The van der Waals surface area contributed by atoms with E-state index in [2.05, 4.69) is 191 Å². The zero-order valence-electron chi connectivity index (χ0n) is 31.3. The Morgan fingerprint density at radius 2 is 1.48 bits per heavy atom. The summed E-state index contributed by atoms with van der Waals surface area (Å²) in [6, 6.07) is 44.5. The molecule has 0 heterocycles. The molecule has 54 heavy (non-hydrogen) atoms. The van der Waals surface area contributed by atoms with E-state index >= 15 is 0 Å². The van der Waals surface area contributed by atoms with Crippen LogP contribution in [-0.4, -0.2) is 11.8 Å². The molecule has 9 rings (SSSR count). The van der Waals surface area contributed by atoms with E-state index in [1.54, 1.807) is 0 Å². The number of benzene rings is 6. The molecule has 0 fully saturated rings. The highest BCUT2D eigenvalue weighted by Gasteiger charge is 2.35. The molecule has 264 valence electrons. The molecule has 0 aromatic heterocycles. The number of nitrogens with two attached hydrogens (primary N) is 1. The summed E-state index contributed by atoms with van der Waals surface area (Å²) < 4.78 is 0. The lowest BCUT2D eigenvalue weighted by atomic mass is 9.81. The highest BCUT2D eigenvalue weighted by atomic mass is 14.8. The third kappa shape index (κ3) is 6.06. The fourth-order valence-electron chi connectivity index (χ4n) is 8.83. The van der Waals surface area contributed by atoms with Gasteiger partial charge in [0.2, 0.25) is 0 Å². The Bertz CT molecular complexity index is 2590. The van der Waals surface area contributed by atoms with Crippen molar-refractivity contribution in [2.24, 2.45) is 22.6 Å². The summed E-state index contributed by atoms with van der Waals surface area (Å²) in [7, 11) is 0. The molecular formula is C52H46N2. The molecule has 0 spiro atoms. The van der Waals surface area contributed by atoms with Crippen LogP contribution in [0.15, 0.2) is 175 Å². The average molecular weight is 699 g/mol. The molecule has 2 heteroatoms. The molecule has 0 aliphatic heterocycles. The summed E-state index contributed by atoms with van der Waals surface area (Å²) >= 11 is 0. The smallest absolute Gasteiger partial charge is 0.0540 e. The van der Waals surface area contributed by atoms with Crippen molar-refractivity contribution in [2.45, 2.75) is 45.1 Å². The topological polar surface area (TPSA) is 38.4 Å². The van der Waals surface area contributed by atoms with Crippen LogP contribution < -0.4 is 5.73 Å². The van der Waals surface area contributed by atoms with Crippen LogP contribution in [0.1, 0.15) is 55.9 Å². The maximum atomic E-state index is 6.98. The molecule has 3 unspecified atom stereocenters. The number of hydrogen-bond donors (Lipinski definition) is 1. The Balaban J connectivity index is 1.08. The van der Waals surface area contributed by atoms with Crippen molar-refractivity contribution >= 4 is 38.5 Å². The van der Waals surface area contributed by atoms with Gasteiger partial charge in [0.15, 0.2) is 0 Å². The van der Waals surface area contributed by atoms with E-state index in [9.17, 15) is 0 Å². The average Bonchev–Trinajstić information content (AvgIpc) is 3.45. The molecule has 0 radical (unpaired) electrons. The first kappa shape index (κ1) is 33.8. The van der Waals surface area contributed by atoms with E-state index in [0.717, 1.165) is 29.8 Å². The van der Waals surface area contributed by atoms with E-state index < -0.39 is 0 Å². The van der Waals surface area contributed by atoms with E-state index in [4.69, 9.17) is 10.7 Å². The summed E-state index contributed by atoms with van der Waals surface area (Å²) in [4.78, 5) is 5.36. The van der Waals surface area contributed by atoms with Crippen molar-refractivity contribution in [1.29, 1.82) is 0 Å². The maximum Gasteiger partial charge on any atom is 0.0540 e. The molecule has 2 nitrogen and oxygen atoms in total. The van der Waals surface area contributed by atoms with Gasteiger partial charge in [-0.25, -0.2) is 0 Å². The highest BCUT2D eigenvalue weighted by molar-refractivity contribution is 6.15. The zero-order valence-corrected chi connectivity index (χ0v) is 31.3. The Hall–Kier alpha value is -5.99. The number of hydrogen-bond acceptors (Lipinski definition) is 2. The van der Waals surface area contributed by atoms with Crippen LogP contribution in [-0.2, 0) is 5.41 Å². The molecule has 0 saturated heterocycles. The third-order valence-corrected chi connectivity index (χ3v) is 12.0. The molecular weight excluding hydrogens is 653 g/mol. The fourth-order valence-corrected chi connectivity index (χ4v) is 8.83. The van der Waals surface area contributed by atoms with Crippen molar-refractivity contribution in [3.05, 3.63) is 192 Å². The molecule has 6 aromatic rings. The first-order valence-corrected chi connectivity index (χ1v) is 19.4. The minimum Gasteiger partial charge on any atom is -0.398 e. The Morgan fingerprint density at radius 1 is 0.704 bits per heavy atom. The minimum absolute atomic E-state index is 0.0548. The van der Waals surface area contributed by atoms with Crippen LogP contribution in [0.3, 0.4) is 0 Å². The van der Waals surface area contributed by atoms with Gasteiger partial charge in [0.05, 0.1) is 6.04 Å². The second-order valence-corrected chi connectivity index (χ2v) is 15.7. The number of allylic oxidation sites excluding steroid dienone is 8. The third-order valence-electron chi connectivity index (χ3n) is 12.0. The van der Waals surface area contributed by atoms with Crippen molar-refractivity contribution < 1.29 is 0 Å². The van der Waals surface area contributed by atoms with E-state index in [0.29, 0.717) is 5.92 Å². The molecule has 3 aliphatic carbocycles. The Kier molecular flexibility index (Phi) is 8.62. The van der Waals surface area contributed by atoms with Crippen LogP contribution in [0.5, 0.6) is 0 Å². The van der Waals surface area contributed by atoms with Crippen LogP contribution in [0.25, 0.3) is 55.1 Å². The number of fused-ring (bicyclic) bond motifs is 6. The predicted octanol–water partition coefficient (Wildman–Crippen LogP) is 12.9. The molecule has 0 saturated carbocycles. The highest BCUT2D eigenvalue weighted by Crippen LogP contribution is 2.51. The SMILES string of the molecule is CC(N=C(/C=C(\N)c1ccc(-c2cc3ccccc3c3cc4c(cc23)-c2ccccc2C4(C)C)cc1)C1C=CC(c2ccccc2)=CC1)C1C=CC=CC1.